The standard InChI is InChI=1S/C6H11NO3S/c1-2-4-7-5-3-6-11(8,9)10/h2-3,5,7H,1,4,6H2,(H,8,9,10). The molecule has 0 fully saturated rings. The van der Waals surface area contributed by atoms with Crippen LogP contribution in [0, 0.1) is 0 Å². The Morgan fingerprint density at radius 2 is 2.18 bits per heavy atom. The van der Waals surface area contributed by atoms with Gasteiger partial charge in [-0.2, -0.15) is 8.42 Å². The molecule has 11 heavy (non-hydrogen) atoms. The van der Waals surface area contributed by atoms with Crippen LogP contribution in [-0.4, -0.2) is 25.3 Å². The van der Waals surface area contributed by atoms with E-state index in [9.17, 15) is 8.42 Å². The summed E-state index contributed by atoms with van der Waals surface area (Å²) < 4.78 is 28.5. The van der Waals surface area contributed by atoms with Crippen LogP contribution in [0.2, 0.25) is 0 Å². The van der Waals surface area contributed by atoms with Crippen molar-refractivity contribution < 1.29 is 13.0 Å². The Bertz CT molecular complexity index is 230. The Kier molecular flexibility index (Phi) is 4.56. The second-order valence-corrected chi connectivity index (χ2v) is 3.35. The van der Waals surface area contributed by atoms with E-state index in [2.05, 4.69) is 11.9 Å². The van der Waals surface area contributed by atoms with Gasteiger partial charge in [-0.15, -0.1) is 6.58 Å². The molecule has 64 valence electrons. The topological polar surface area (TPSA) is 66.4 Å². The molecule has 0 aromatic heterocycles. The van der Waals surface area contributed by atoms with Crippen LogP contribution in [0.5, 0.6) is 0 Å². The van der Waals surface area contributed by atoms with E-state index in [0.717, 1.165) is 0 Å². The fourth-order valence-electron chi connectivity index (χ4n) is 0.404. The molecular weight excluding hydrogens is 166 g/mol. The van der Waals surface area contributed by atoms with Gasteiger partial charge in [0.1, 0.15) is 0 Å². The molecule has 0 rings (SSSR count). The largest absolute Gasteiger partial charge is 0.388 e. The zero-order valence-corrected chi connectivity index (χ0v) is 6.84. The fourth-order valence-corrected chi connectivity index (χ4v) is 0.744. The molecule has 0 spiro atoms. The maximum Gasteiger partial charge on any atom is 0.268 e. The molecule has 0 aliphatic rings. The van der Waals surface area contributed by atoms with Crippen molar-refractivity contribution in [2.45, 2.75) is 0 Å². The second kappa shape index (κ2) is 4.92. The van der Waals surface area contributed by atoms with Crippen molar-refractivity contribution in [3.63, 3.8) is 0 Å². The summed E-state index contributed by atoms with van der Waals surface area (Å²) in [7, 11) is -3.86. The Morgan fingerprint density at radius 1 is 1.55 bits per heavy atom. The summed E-state index contributed by atoms with van der Waals surface area (Å²) in [5, 5.41) is 2.73. The average molecular weight is 177 g/mol. The smallest absolute Gasteiger partial charge is 0.268 e. The summed E-state index contributed by atoms with van der Waals surface area (Å²) in [5.41, 5.74) is 0. The molecule has 0 atom stereocenters. The molecule has 0 aliphatic heterocycles. The van der Waals surface area contributed by atoms with Gasteiger partial charge < -0.3 is 5.32 Å². The van der Waals surface area contributed by atoms with Crippen LogP contribution >= 0.6 is 0 Å². The minimum Gasteiger partial charge on any atom is -0.388 e. The zero-order chi connectivity index (χ0) is 8.74. The van der Waals surface area contributed by atoms with Crippen molar-refractivity contribution in [3.8, 4) is 0 Å². The maximum absolute atomic E-state index is 10.1. The molecule has 5 heteroatoms. The summed E-state index contributed by atoms with van der Waals surface area (Å²) >= 11 is 0. The van der Waals surface area contributed by atoms with E-state index in [0.29, 0.717) is 6.54 Å². The molecule has 4 nitrogen and oxygen atoms in total. The Hall–Kier alpha value is -0.810. The van der Waals surface area contributed by atoms with Gasteiger partial charge in [0.25, 0.3) is 10.1 Å². The first-order chi connectivity index (χ1) is 5.06. The normalized spacial score (nSPS) is 11.7. The molecule has 0 amide bonds. The Labute approximate surface area is 66.4 Å². The summed E-state index contributed by atoms with van der Waals surface area (Å²) in [4.78, 5) is 0. The number of hydrogen-bond donors (Lipinski definition) is 2. The third-order valence-corrected chi connectivity index (χ3v) is 1.42. The number of rotatable bonds is 5. The Balaban J connectivity index is 3.53. The summed E-state index contributed by atoms with van der Waals surface area (Å²) in [5.74, 6) is -0.364. The molecule has 0 aliphatic carbocycles. The number of nitrogens with one attached hydrogen (secondary N) is 1. The average Bonchev–Trinajstić information content (AvgIpc) is 1.85. The first kappa shape index (κ1) is 10.2. The van der Waals surface area contributed by atoms with Crippen LogP contribution < -0.4 is 5.32 Å². The van der Waals surface area contributed by atoms with Crippen LogP contribution in [0.3, 0.4) is 0 Å². The van der Waals surface area contributed by atoms with Crippen molar-refractivity contribution in [3.05, 3.63) is 24.9 Å². The SMILES string of the molecule is C=CCNC=CCS(=O)(=O)O. The van der Waals surface area contributed by atoms with Gasteiger partial charge in [0.2, 0.25) is 0 Å². The van der Waals surface area contributed by atoms with E-state index in [-0.39, 0.29) is 5.75 Å². The first-order valence-electron chi connectivity index (χ1n) is 3.00. The molecule has 0 saturated carbocycles. The highest BCUT2D eigenvalue weighted by Crippen LogP contribution is 1.81. The van der Waals surface area contributed by atoms with Gasteiger partial charge in [0, 0.05) is 6.54 Å². The monoisotopic (exact) mass is 177 g/mol. The number of hydrogen-bond acceptors (Lipinski definition) is 3. The van der Waals surface area contributed by atoms with E-state index in [1.54, 1.807) is 6.08 Å². The minimum absolute atomic E-state index is 0.364. The fraction of sp³-hybridized carbons (Fsp3) is 0.333. The quantitative estimate of drug-likeness (QED) is 0.357. The third-order valence-electron chi connectivity index (χ3n) is 0.805. The highest BCUT2D eigenvalue weighted by molar-refractivity contribution is 7.85. The van der Waals surface area contributed by atoms with E-state index in [1.165, 1.54) is 12.3 Å². The van der Waals surface area contributed by atoms with Crippen LogP contribution in [0.15, 0.2) is 24.9 Å². The van der Waals surface area contributed by atoms with Crippen molar-refractivity contribution in [2.75, 3.05) is 12.3 Å². The highest BCUT2D eigenvalue weighted by Gasteiger charge is 1.97. The van der Waals surface area contributed by atoms with Gasteiger partial charge in [-0.25, -0.2) is 0 Å². The maximum atomic E-state index is 10.1. The molecule has 2 N–H and O–H groups in total. The molecule has 0 saturated heterocycles. The van der Waals surface area contributed by atoms with Gasteiger partial charge in [-0.1, -0.05) is 12.2 Å². The lowest BCUT2D eigenvalue weighted by molar-refractivity contribution is 0.486. The summed E-state index contributed by atoms with van der Waals surface area (Å²) in [6.45, 7) is 4.01. The molecule has 0 heterocycles. The molecule has 0 aromatic carbocycles. The van der Waals surface area contributed by atoms with Gasteiger partial charge in [-0.05, 0) is 6.20 Å². The summed E-state index contributed by atoms with van der Waals surface area (Å²) in [6.07, 6.45) is 4.41. The van der Waals surface area contributed by atoms with E-state index in [4.69, 9.17) is 4.55 Å². The molecule has 0 radical (unpaired) electrons. The Morgan fingerprint density at radius 3 is 2.64 bits per heavy atom. The molecular formula is C6H11NO3S. The van der Waals surface area contributed by atoms with Crippen LogP contribution in [0.1, 0.15) is 0 Å². The molecule has 0 unspecified atom stereocenters. The molecule has 0 aromatic rings. The van der Waals surface area contributed by atoms with E-state index < -0.39 is 10.1 Å². The third kappa shape index (κ3) is 9.19. The minimum atomic E-state index is -3.86. The van der Waals surface area contributed by atoms with Crippen molar-refractivity contribution in [1.82, 2.24) is 5.32 Å². The summed E-state index contributed by atoms with van der Waals surface area (Å²) in [6, 6.07) is 0. The van der Waals surface area contributed by atoms with Gasteiger partial charge in [-0.3, -0.25) is 4.55 Å². The zero-order valence-electron chi connectivity index (χ0n) is 6.03. The van der Waals surface area contributed by atoms with Gasteiger partial charge in [0.15, 0.2) is 0 Å². The van der Waals surface area contributed by atoms with Crippen molar-refractivity contribution in [2.24, 2.45) is 0 Å². The predicted octanol–water partition coefficient (Wildman–Crippen LogP) is 0.164. The van der Waals surface area contributed by atoms with Gasteiger partial charge >= 0.3 is 0 Å². The van der Waals surface area contributed by atoms with E-state index >= 15 is 0 Å². The predicted molar refractivity (Wildman–Crippen MR) is 43.8 cm³/mol. The first-order valence-corrected chi connectivity index (χ1v) is 4.61. The molecule has 0 bridgehead atoms. The lowest BCUT2D eigenvalue weighted by atomic mass is 10.6. The van der Waals surface area contributed by atoms with E-state index in [1.807, 2.05) is 0 Å². The van der Waals surface area contributed by atoms with Crippen molar-refractivity contribution in [1.29, 1.82) is 0 Å². The lowest BCUT2D eigenvalue weighted by Gasteiger charge is -1.91. The van der Waals surface area contributed by atoms with Crippen LogP contribution in [0.25, 0.3) is 0 Å². The van der Waals surface area contributed by atoms with Gasteiger partial charge in [0.05, 0.1) is 5.75 Å². The van der Waals surface area contributed by atoms with Crippen LogP contribution in [-0.2, 0) is 10.1 Å². The second-order valence-electron chi connectivity index (χ2n) is 1.85. The van der Waals surface area contributed by atoms with Crippen LogP contribution in [0.4, 0.5) is 0 Å². The highest BCUT2D eigenvalue weighted by atomic mass is 32.2. The lowest BCUT2D eigenvalue weighted by Crippen LogP contribution is -2.06. The van der Waals surface area contributed by atoms with Crippen molar-refractivity contribution >= 4 is 10.1 Å².